The minimum absolute atomic E-state index is 0.0446. The number of ether oxygens (including phenoxy) is 2. The summed E-state index contributed by atoms with van der Waals surface area (Å²) >= 11 is 0. The second-order valence-corrected chi connectivity index (χ2v) is 16.3. The molecule has 1 amide bonds. The van der Waals surface area contributed by atoms with E-state index in [9.17, 15) is 14.4 Å². The molecule has 0 aromatic heterocycles. The van der Waals surface area contributed by atoms with Gasteiger partial charge in [0.15, 0.2) is 0 Å². The zero-order valence-corrected chi connectivity index (χ0v) is 28.0. The van der Waals surface area contributed by atoms with Gasteiger partial charge in [-0.2, -0.15) is 0 Å². The number of carbonyl (C=O) groups is 3. The number of nitrogens with one attached hydrogen (secondary N) is 1. The predicted octanol–water partition coefficient (Wildman–Crippen LogP) is 6.19. The fourth-order valence-electron chi connectivity index (χ4n) is 12.5. The lowest BCUT2D eigenvalue weighted by atomic mass is 9.32. The van der Waals surface area contributed by atoms with Crippen LogP contribution in [0.15, 0.2) is 12.2 Å². The van der Waals surface area contributed by atoms with Gasteiger partial charge in [0.25, 0.3) is 0 Å². The molecule has 242 valence electrons. The van der Waals surface area contributed by atoms with E-state index in [-0.39, 0.29) is 58.1 Å². The smallest absolute Gasteiger partial charge is 0.302 e. The number of amides is 1. The van der Waals surface area contributed by atoms with Gasteiger partial charge in [-0.25, -0.2) is 0 Å². The number of nitrogens with two attached hydrogens (primary N) is 1. The van der Waals surface area contributed by atoms with Crippen molar-refractivity contribution in [3.05, 3.63) is 12.2 Å². The molecule has 5 saturated carbocycles. The van der Waals surface area contributed by atoms with Gasteiger partial charge < -0.3 is 20.5 Å². The molecule has 0 aromatic rings. The Kier molecular flexibility index (Phi) is 8.44. The number of carbonyl (C=O) groups excluding carboxylic acids is 3. The summed E-state index contributed by atoms with van der Waals surface area (Å²) in [6.45, 7) is 20.7. The molecule has 7 nitrogen and oxygen atoms in total. The molecule has 0 heterocycles. The molecular formula is C36H58N2O5. The molecule has 0 aromatic carbocycles. The number of esters is 2. The summed E-state index contributed by atoms with van der Waals surface area (Å²) in [6.07, 6.45) is 9.96. The van der Waals surface area contributed by atoms with Crippen molar-refractivity contribution in [1.82, 2.24) is 5.32 Å². The summed E-state index contributed by atoms with van der Waals surface area (Å²) in [5.74, 6) is 1.65. The molecule has 3 N–H and O–H groups in total. The lowest BCUT2D eigenvalue weighted by molar-refractivity contribution is -0.256. The molecule has 0 bridgehead atoms. The van der Waals surface area contributed by atoms with Gasteiger partial charge >= 0.3 is 11.9 Å². The molecule has 0 aliphatic heterocycles. The van der Waals surface area contributed by atoms with Crippen LogP contribution in [0.5, 0.6) is 0 Å². The summed E-state index contributed by atoms with van der Waals surface area (Å²) in [6, 6.07) is 0. The first kappa shape index (κ1) is 32.5. The van der Waals surface area contributed by atoms with Crippen molar-refractivity contribution in [2.24, 2.45) is 62.4 Å². The quantitative estimate of drug-likeness (QED) is 0.267. The first-order valence-corrected chi connectivity index (χ1v) is 17.0. The fourth-order valence-corrected chi connectivity index (χ4v) is 12.5. The molecule has 0 spiro atoms. The number of hydrogen-bond donors (Lipinski definition) is 2. The largest absolute Gasteiger partial charge is 0.465 e. The maximum absolute atomic E-state index is 13.9. The average molecular weight is 599 g/mol. The normalized spacial score (nSPS) is 46.8. The van der Waals surface area contributed by atoms with E-state index in [0.717, 1.165) is 64.2 Å². The van der Waals surface area contributed by atoms with E-state index in [0.29, 0.717) is 36.8 Å². The first-order chi connectivity index (χ1) is 20.1. The highest BCUT2D eigenvalue weighted by atomic mass is 16.6. The van der Waals surface area contributed by atoms with Crippen molar-refractivity contribution < 1.29 is 23.9 Å². The lowest BCUT2D eigenvalue weighted by Crippen LogP contribution is -2.68. The maximum atomic E-state index is 13.9. The van der Waals surface area contributed by atoms with E-state index >= 15 is 0 Å². The topological polar surface area (TPSA) is 108 Å². The molecule has 11 atom stereocenters. The van der Waals surface area contributed by atoms with Gasteiger partial charge in [0.1, 0.15) is 12.7 Å². The van der Waals surface area contributed by atoms with E-state index in [1.807, 2.05) is 0 Å². The number of fused-ring (bicyclic) bond motifs is 7. The van der Waals surface area contributed by atoms with Crippen LogP contribution in [0.25, 0.3) is 0 Å². The highest BCUT2D eigenvalue weighted by molar-refractivity contribution is 5.84. The monoisotopic (exact) mass is 598 g/mol. The van der Waals surface area contributed by atoms with Gasteiger partial charge in [-0.1, -0.05) is 39.8 Å². The Morgan fingerprint density at radius 1 is 0.837 bits per heavy atom. The van der Waals surface area contributed by atoms with Crippen LogP contribution in [0, 0.1) is 56.7 Å². The van der Waals surface area contributed by atoms with E-state index in [2.05, 4.69) is 46.5 Å². The summed E-state index contributed by atoms with van der Waals surface area (Å²) in [5, 5.41) is 3.22. The third kappa shape index (κ3) is 4.72. The Labute approximate surface area is 259 Å². The van der Waals surface area contributed by atoms with E-state index < -0.39 is 5.41 Å². The van der Waals surface area contributed by atoms with Crippen LogP contribution in [-0.2, 0) is 23.9 Å². The van der Waals surface area contributed by atoms with Crippen molar-refractivity contribution in [3.63, 3.8) is 0 Å². The Balaban J connectivity index is 1.51. The molecule has 7 heteroatoms. The van der Waals surface area contributed by atoms with Crippen molar-refractivity contribution in [2.75, 3.05) is 19.7 Å². The van der Waals surface area contributed by atoms with Crippen molar-refractivity contribution in [3.8, 4) is 0 Å². The second kappa shape index (κ2) is 11.2. The van der Waals surface area contributed by atoms with Crippen molar-refractivity contribution in [1.29, 1.82) is 0 Å². The van der Waals surface area contributed by atoms with Gasteiger partial charge in [0.05, 0.1) is 5.41 Å². The van der Waals surface area contributed by atoms with Gasteiger partial charge in [0, 0.05) is 32.4 Å². The zero-order chi connectivity index (χ0) is 31.6. The Morgan fingerprint density at radius 3 is 2.19 bits per heavy atom. The van der Waals surface area contributed by atoms with Crippen LogP contribution in [0.4, 0.5) is 0 Å². The molecule has 0 saturated heterocycles. The van der Waals surface area contributed by atoms with E-state index in [1.54, 1.807) is 0 Å². The molecule has 43 heavy (non-hydrogen) atoms. The van der Waals surface area contributed by atoms with Crippen LogP contribution in [0.1, 0.15) is 113 Å². The summed E-state index contributed by atoms with van der Waals surface area (Å²) < 4.78 is 11.7. The highest BCUT2D eigenvalue weighted by Gasteiger charge is 2.72. The van der Waals surface area contributed by atoms with Crippen LogP contribution in [0.3, 0.4) is 0 Å². The van der Waals surface area contributed by atoms with Crippen molar-refractivity contribution in [2.45, 2.75) is 119 Å². The third-order valence-corrected chi connectivity index (χ3v) is 14.6. The van der Waals surface area contributed by atoms with Crippen LogP contribution >= 0.6 is 0 Å². The van der Waals surface area contributed by atoms with Gasteiger partial charge in [-0.15, -0.1) is 0 Å². The standard InChI is InChI=1S/C36H58N2O5/c1-22(2)25-11-16-36(31(41)38-20-19-37)18-17-34(7)26(30(25)36)9-10-28-32(5)14-13-29(43-24(4)40)33(6,21-42-23(3)39)27(32)12-15-35(28,34)8/h25-30H,1,9-21,37H2,2-8H3,(H,38,41)/t25-,26?,27+,28+,29?,30+,32-,33-,34+,35+,36-/m0/s1. The Morgan fingerprint density at radius 2 is 1.56 bits per heavy atom. The summed E-state index contributed by atoms with van der Waals surface area (Å²) in [4.78, 5) is 38.1. The van der Waals surface area contributed by atoms with Crippen LogP contribution < -0.4 is 11.1 Å². The lowest BCUT2D eigenvalue weighted by Gasteiger charge is -2.73. The minimum Gasteiger partial charge on any atom is -0.465 e. The highest BCUT2D eigenvalue weighted by Crippen LogP contribution is 2.77. The molecule has 5 aliphatic rings. The molecule has 5 rings (SSSR count). The Bertz CT molecular complexity index is 1150. The summed E-state index contributed by atoms with van der Waals surface area (Å²) in [5.41, 5.74) is 6.57. The number of rotatable bonds is 7. The molecule has 0 radical (unpaired) electrons. The second-order valence-electron chi connectivity index (χ2n) is 16.3. The maximum Gasteiger partial charge on any atom is 0.302 e. The number of allylic oxidation sites excluding steroid dienone is 1. The minimum atomic E-state index is -0.428. The van der Waals surface area contributed by atoms with Gasteiger partial charge in [-0.3, -0.25) is 14.4 Å². The van der Waals surface area contributed by atoms with E-state index in [4.69, 9.17) is 15.2 Å². The van der Waals surface area contributed by atoms with Crippen LogP contribution in [0.2, 0.25) is 0 Å². The van der Waals surface area contributed by atoms with Crippen LogP contribution in [-0.4, -0.2) is 43.6 Å². The summed E-state index contributed by atoms with van der Waals surface area (Å²) in [7, 11) is 0. The molecular weight excluding hydrogens is 540 g/mol. The molecule has 5 fully saturated rings. The zero-order valence-electron chi connectivity index (χ0n) is 28.0. The third-order valence-electron chi connectivity index (χ3n) is 14.6. The number of hydrogen-bond acceptors (Lipinski definition) is 6. The SMILES string of the molecule is C=C(C)[C@@H]1CC[C@]2(C(=O)NCCN)CC[C@]3(C)C(CC[C@@H]4[C@@]5(C)CCC(OC(C)=O)[C@@](C)(COC(C)=O)[C@@H]5CC[C@]43C)[C@@H]12. The molecule has 2 unspecified atom stereocenters. The first-order valence-electron chi connectivity index (χ1n) is 17.0. The predicted molar refractivity (Wildman–Crippen MR) is 168 cm³/mol. The van der Waals surface area contributed by atoms with Crippen molar-refractivity contribution >= 4 is 17.8 Å². The van der Waals surface area contributed by atoms with Gasteiger partial charge in [-0.05, 0) is 117 Å². The average Bonchev–Trinajstić information content (AvgIpc) is 3.34. The van der Waals surface area contributed by atoms with Gasteiger partial charge in [0.2, 0.25) is 5.91 Å². The fraction of sp³-hybridized carbons (Fsp3) is 0.861. The van der Waals surface area contributed by atoms with E-state index in [1.165, 1.54) is 19.4 Å². The Hall–Kier alpha value is -1.89. The molecule has 5 aliphatic carbocycles.